The molecule has 572 valence electrons. The second kappa shape index (κ2) is 62.3. The molecule has 0 aromatic carbocycles. The van der Waals surface area contributed by atoms with Gasteiger partial charge in [0.25, 0.3) is 0 Å². The predicted molar refractivity (Wildman–Crippen MR) is 416 cm³/mol. The van der Waals surface area contributed by atoms with Gasteiger partial charge in [-0.1, -0.05) is 116 Å². The summed E-state index contributed by atoms with van der Waals surface area (Å²) in [7, 11) is 4.35. The highest BCUT2D eigenvalue weighted by Crippen LogP contribution is 2.17. The molecule has 6 saturated heterocycles. The molecule has 0 unspecified atom stereocenters. The molecule has 0 spiro atoms. The zero-order valence-corrected chi connectivity index (χ0v) is 66.1. The Balaban J connectivity index is 0.00000114. The largest absolute Gasteiger partial charge is 0.304 e. The molecule has 0 N–H and O–H groups in total. The molecule has 0 aromatic rings. The summed E-state index contributed by atoms with van der Waals surface area (Å²) in [6.45, 7) is 52.0. The number of nitrogens with zero attached hydrogens (tertiary/aromatic N) is 8. The third kappa shape index (κ3) is 60.9. The second-order valence-electron chi connectivity index (χ2n) is 32.8. The van der Waals surface area contributed by atoms with Crippen LogP contribution in [-0.2, 0) is 28.8 Å². The number of Topliss-reactive ketones (excluding diaryl/α,β-unsaturated/α-hetero) is 6. The van der Waals surface area contributed by atoms with Crippen molar-refractivity contribution in [2.45, 2.75) is 309 Å². The Morgan fingerprint density at radius 3 is 0.546 bits per heavy atom. The van der Waals surface area contributed by atoms with E-state index in [-0.39, 0.29) is 7.43 Å². The molecule has 6 heterocycles. The van der Waals surface area contributed by atoms with E-state index in [1.807, 2.05) is 0 Å². The molecule has 0 aliphatic carbocycles. The molecular formula is C83H164N8O6. The first-order valence-corrected chi connectivity index (χ1v) is 40.7. The molecule has 6 aliphatic rings. The second-order valence-corrected chi connectivity index (χ2v) is 32.8. The van der Waals surface area contributed by atoms with Crippen molar-refractivity contribution in [3.05, 3.63) is 0 Å². The summed E-state index contributed by atoms with van der Waals surface area (Å²) in [5, 5.41) is 0. The number of unbranched alkanes of at least 4 members (excludes halogenated alkanes) is 4. The van der Waals surface area contributed by atoms with Gasteiger partial charge in [0.1, 0.15) is 34.7 Å². The van der Waals surface area contributed by atoms with Gasteiger partial charge in [0, 0.05) is 129 Å². The number of likely N-dealkylation sites (tertiary alicyclic amines) is 4. The molecule has 6 aliphatic heterocycles. The molecule has 14 heteroatoms. The minimum atomic E-state index is 0. The van der Waals surface area contributed by atoms with Gasteiger partial charge < -0.3 is 39.2 Å². The summed E-state index contributed by atoms with van der Waals surface area (Å²) in [4.78, 5) is 88.9. The number of ketones is 6. The van der Waals surface area contributed by atoms with Crippen LogP contribution in [0.2, 0.25) is 0 Å². The first kappa shape index (κ1) is 94.7. The Morgan fingerprint density at radius 2 is 0.371 bits per heavy atom. The molecular weight excluding hydrogens is 1200 g/mol. The van der Waals surface area contributed by atoms with Gasteiger partial charge in [0.2, 0.25) is 0 Å². The number of hydrogen-bond donors (Lipinski definition) is 0. The minimum absolute atomic E-state index is 0. The van der Waals surface area contributed by atoms with Gasteiger partial charge in [0.05, 0.1) is 0 Å². The Labute approximate surface area is 602 Å². The molecule has 0 saturated carbocycles. The van der Waals surface area contributed by atoms with Crippen LogP contribution in [0.5, 0.6) is 0 Å². The van der Waals surface area contributed by atoms with Gasteiger partial charge in [-0.05, 0) is 257 Å². The third-order valence-electron chi connectivity index (χ3n) is 19.4. The van der Waals surface area contributed by atoms with Crippen molar-refractivity contribution in [2.24, 2.45) is 35.5 Å². The number of carbonyl (C=O) groups excluding carboxylic acids is 6. The number of carbonyl (C=O) groups is 6. The normalized spacial score (nSPS) is 18.2. The van der Waals surface area contributed by atoms with Crippen LogP contribution in [0.15, 0.2) is 0 Å². The van der Waals surface area contributed by atoms with Gasteiger partial charge in [-0.2, -0.15) is 0 Å². The van der Waals surface area contributed by atoms with Crippen molar-refractivity contribution in [1.82, 2.24) is 39.2 Å². The molecule has 0 atom stereocenters. The van der Waals surface area contributed by atoms with E-state index in [1.54, 1.807) is 0 Å². The zero-order valence-electron chi connectivity index (χ0n) is 66.1. The first-order chi connectivity index (χ1) is 45.9. The van der Waals surface area contributed by atoms with Crippen LogP contribution in [0.4, 0.5) is 0 Å². The maximum atomic E-state index is 11.5. The van der Waals surface area contributed by atoms with Gasteiger partial charge in [-0.15, -0.1) is 0 Å². The molecule has 0 amide bonds. The molecule has 0 radical (unpaired) electrons. The molecule has 0 aromatic heterocycles. The number of piperidine rings is 4. The standard InChI is InChI=1S/C14H28N2O.3C14H27NO.C13H26N2O.C13H25NO.CH4/c1-13(2)12-14(17)6-4-5-7-16-10-8-15(3)9-11-16;3*1-13(2)12-14(16)8-4-7-11-15-9-5-3-6-10-15;1-12(2)11-13(16)5-4-6-15-9-7-14(3)8-10-15;1-12(2)11-13(15)7-6-10-14-8-4-3-5-9-14;/h13H,4-12H2,1-3H3;3*13H,3-12H2,1-2H3;12H,4-11H2,1-3H3;12H,3-11H2,1-2H3;1H4. The van der Waals surface area contributed by atoms with Crippen molar-refractivity contribution < 1.29 is 28.8 Å². The van der Waals surface area contributed by atoms with E-state index in [0.29, 0.717) is 70.2 Å². The number of piperazine rings is 2. The summed E-state index contributed by atoms with van der Waals surface area (Å²) >= 11 is 0. The van der Waals surface area contributed by atoms with Crippen LogP contribution in [0.1, 0.15) is 309 Å². The number of likely N-dealkylation sites (N-methyl/N-ethyl adjacent to an activating group) is 2. The van der Waals surface area contributed by atoms with E-state index in [1.165, 1.54) is 221 Å². The highest BCUT2D eigenvalue weighted by Gasteiger charge is 2.18. The summed E-state index contributed by atoms with van der Waals surface area (Å²) in [6.07, 6.45) is 37.0. The van der Waals surface area contributed by atoms with E-state index in [4.69, 9.17) is 0 Å². The fourth-order valence-corrected chi connectivity index (χ4v) is 13.8. The van der Waals surface area contributed by atoms with Gasteiger partial charge in [-0.25, -0.2) is 0 Å². The topological polar surface area (TPSA) is 128 Å². The lowest BCUT2D eigenvalue weighted by atomic mass is 10.0. The van der Waals surface area contributed by atoms with Gasteiger partial charge >= 0.3 is 0 Å². The van der Waals surface area contributed by atoms with Crippen LogP contribution in [0.3, 0.4) is 0 Å². The molecule has 0 bridgehead atoms. The van der Waals surface area contributed by atoms with Crippen molar-refractivity contribution in [1.29, 1.82) is 0 Å². The summed E-state index contributed by atoms with van der Waals surface area (Å²) in [5.74, 6) is 5.79. The Hall–Kier alpha value is -2.30. The van der Waals surface area contributed by atoms with Crippen LogP contribution >= 0.6 is 0 Å². The van der Waals surface area contributed by atoms with E-state index >= 15 is 0 Å². The monoisotopic (exact) mass is 1370 g/mol. The van der Waals surface area contributed by atoms with Gasteiger partial charge in [-0.3, -0.25) is 28.8 Å². The predicted octanol–water partition coefficient (Wildman–Crippen LogP) is 16.9. The Bertz CT molecular complexity index is 1780. The lowest BCUT2D eigenvalue weighted by Crippen LogP contribution is -2.44. The Morgan fingerprint density at radius 1 is 0.216 bits per heavy atom. The highest BCUT2D eigenvalue weighted by atomic mass is 16.1. The van der Waals surface area contributed by atoms with Crippen molar-refractivity contribution in [3.63, 3.8) is 0 Å². The first-order valence-electron chi connectivity index (χ1n) is 40.7. The van der Waals surface area contributed by atoms with Gasteiger partial charge in [0.15, 0.2) is 0 Å². The molecule has 6 fully saturated rings. The highest BCUT2D eigenvalue weighted by molar-refractivity contribution is 5.80. The summed E-state index contributed by atoms with van der Waals surface area (Å²) < 4.78 is 0. The van der Waals surface area contributed by atoms with Crippen LogP contribution in [0, 0.1) is 35.5 Å². The van der Waals surface area contributed by atoms with E-state index in [2.05, 4.69) is 136 Å². The zero-order chi connectivity index (χ0) is 71.1. The van der Waals surface area contributed by atoms with E-state index in [9.17, 15) is 28.8 Å². The third-order valence-corrected chi connectivity index (χ3v) is 19.4. The quantitative estimate of drug-likeness (QED) is 0.0540. The maximum absolute atomic E-state index is 11.5. The average Bonchev–Trinajstić information content (AvgIpc) is 2.47. The summed E-state index contributed by atoms with van der Waals surface area (Å²) in [6, 6.07) is 0. The maximum Gasteiger partial charge on any atom is 0.133 e. The smallest absolute Gasteiger partial charge is 0.133 e. The fourth-order valence-electron chi connectivity index (χ4n) is 13.8. The summed E-state index contributed by atoms with van der Waals surface area (Å²) in [5.41, 5.74) is 0. The van der Waals surface area contributed by atoms with Crippen molar-refractivity contribution in [3.8, 4) is 0 Å². The lowest BCUT2D eigenvalue weighted by Gasteiger charge is -2.32. The molecule has 6 rings (SSSR count). The number of hydrogen-bond acceptors (Lipinski definition) is 14. The molecule has 14 nitrogen and oxygen atoms in total. The fraction of sp³-hybridized carbons (Fsp3) is 0.928. The van der Waals surface area contributed by atoms with E-state index in [0.717, 1.165) is 142 Å². The minimum Gasteiger partial charge on any atom is -0.304 e. The van der Waals surface area contributed by atoms with Crippen LogP contribution in [0.25, 0.3) is 0 Å². The van der Waals surface area contributed by atoms with Crippen LogP contribution < -0.4 is 0 Å². The average molecular weight is 1370 g/mol. The van der Waals surface area contributed by atoms with Crippen LogP contribution in [-0.4, -0.2) is 232 Å². The lowest BCUT2D eigenvalue weighted by molar-refractivity contribution is -0.120. The number of rotatable bonds is 40. The van der Waals surface area contributed by atoms with Crippen molar-refractivity contribution >= 4 is 34.7 Å². The SMILES string of the molecule is C.CC(C)CC(=O)CCCCN1CCCCC1.CC(C)CC(=O)CCCCN1CCCCC1.CC(C)CC(=O)CCCCN1CCCCC1.CC(C)CC(=O)CCCCN1CCN(C)CC1.CC(C)CC(=O)CCCN1CCCCC1.CC(C)CC(=O)CCCN1CCN(C)CC1. The molecule has 97 heavy (non-hydrogen) atoms. The van der Waals surface area contributed by atoms with Crippen molar-refractivity contribution in [2.75, 3.05) is 158 Å². The van der Waals surface area contributed by atoms with E-state index < -0.39 is 0 Å². The Kier molecular flexibility index (Phi) is 60.8.